The topological polar surface area (TPSA) is 85.7 Å². The van der Waals surface area contributed by atoms with Crippen LogP contribution in [-0.4, -0.2) is 19.9 Å². The summed E-state index contributed by atoms with van der Waals surface area (Å²) in [6.07, 6.45) is 0. The van der Waals surface area contributed by atoms with Gasteiger partial charge in [0.25, 0.3) is 0 Å². The monoisotopic (exact) mass is 225 g/mol. The predicted molar refractivity (Wildman–Crippen MR) is 56.9 cm³/mol. The van der Waals surface area contributed by atoms with Crippen molar-refractivity contribution >= 4 is 18.2 Å². The number of nitrogen functional groups attached to an aromatic ring is 1. The second-order valence-electron chi connectivity index (χ2n) is 3.28. The van der Waals surface area contributed by atoms with Gasteiger partial charge in [-0.15, -0.1) is 5.10 Å². The van der Waals surface area contributed by atoms with Crippen LogP contribution >= 0.6 is 12.2 Å². The van der Waals surface area contributed by atoms with E-state index in [-0.39, 0.29) is 0 Å². The molecular formula is C8H11N5OS. The number of hydrogen-bond donors (Lipinski definition) is 2. The van der Waals surface area contributed by atoms with Crippen molar-refractivity contribution in [2.24, 2.45) is 0 Å². The van der Waals surface area contributed by atoms with Crippen molar-refractivity contribution in [3.63, 3.8) is 0 Å². The summed E-state index contributed by atoms with van der Waals surface area (Å²) in [5, 5.41) is 10.3. The molecule has 3 N–H and O–H groups in total. The van der Waals surface area contributed by atoms with E-state index in [0.717, 1.165) is 17.0 Å². The third-order valence-electron chi connectivity index (χ3n) is 2.29. The van der Waals surface area contributed by atoms with Gasteiger partial charge in [-0.3, -0.25) is 4.57 Å². The number of H-pyrrole nitrogens is 1. The number of nitrogens with one attached hydrogen (secondary N) is 1. The van der Waals surface area contributed by atoms with Crippen molar-refractivity contribution < 1.29 is 4.52 Å². The average Bonchev–Trinajstić information content (AvgIpc) is 2.67. The van der Waals surface area contributed by atoms with E-state index in [4.69, 9.17) is 22.5 Å². The van der Waals surface area contributed by atoms with Crippen LogP contribution in [0.3, 0.4) is 0 Å². The van der Waals surface area contributed by atoms with Crippen LogP contribution in [0.4, 0.5) is 5.95 Å². The molecule has 0 spiro atoms. The second-order valence-corrected chi connectivity index (χ2v) is 3.66. The van der Waals surface area contributed by atoms with Gasteiger partial charge >= 0.3 is 0 Å². The number of rotatable bonds is 2. The summed E-state index contributed by atoms with van der Waals surface area (Å²) in [6, 6.07) is 0. The van der Waals surface area contributed by atoms with Crippen LogP contribution in [-0.2, 0) is 6.54 Å². The average molecular weight is 225 g/mol. The maximum absolute atomic E-state index is 5.66. The van der Waals surface area contributed by atoms with Gasteiger partial charge in [0.2, 0.25) is 5.95 Å². The Labute approximate surface area is 91.1 Å². The van der Waals surface area contributed by atoms with Crippen LogP contribution in [0.25, 0.3) is 0 Å². The fraction of sp³-hybridized carbons (Fsp3) is 0.375. The first-order valence-corrected chi connectivity index (χ1v) is 4.83. The Morgan fingerprint density at radius 2 is 2.27 bits per heavy atom. The number of hydrogen-bond acceptors (Lipinski definition) is 5. The van der Waals surface area contributed by atoms with E-state index in [0.29, 0.717) is 17.3 Å². The molecule has 0 aliphatic rings. The molecule has 2 rings (SSSR count). The Bertz CT molecular complexity index is 518. The molecule has 0 unspecified atom stereocenters. The molecule has 0 aliphatic carbocycles. The van der Waals surface area contributed by atoms with E-state index >= 15 is 0 Å². The van der Waals surface area contributed by atoms with Gasteiger partial charge in [-0.05, 0) is 26.1 Å². The van der Waals surface area contributed by atoms with Crippen LogP contribution in [0.1, 0.15) is 17.0 Å². The Balaban J connectivity index is 2.42. The predicted octanol–water partition coefficient (Wildman–Crippen LogP) is 1.18. The maximum atomic E-state index is 5.66. The summed E-state index contributed by atoms with van der Waals surface area (Å²) < 4.78 is 7.24. The van der Waals surface area contributed by atoms with Crippen molar-refractivity contribution in [1.82, 2.24) is 19.9 Å². The largest absolute Gasteiger partial charge is 0.368 e. The molecule has 0 amide bonds. The first kappa shape index (κ1) is 9.91. The molecule has 2 heterocycles. The molecular weight excluding hydrogens is 214 g/mol. The first-order chi connectivity index (χ1) is 7.09. The van der Waals surface area contributed by atoms with Crippen molar-refractivity contribution in [2.75, 3.05) is 5.73 Å². The number of nitrogens with two attached hydrogens (primary N) is 1. The highest BCUT2D eigenvalue weighted by molar-refractivity contribution is 7.71. The summed E-state index contributed by atoms with van der Waals surface area (Å²) in [7, 11) is 0. The molecule has 2 aromatic heterocycles. The molecule has 0 atom stereocenters. The highest BCUT2D eigenvalue weighted by atomic mass is 32.1. The summed E-state index contributed by atoms with van der Waals surface area (Å²) in [5.74, 6) is 1.13. The standard InChI is InChI=1S/C8H11N5OS/c1-4-6(5(2)14-12-4)3-13-7(9)10-11-8(13)15/h3H2,1-2H3,(H2,9,10)(H,11,15). The van der Waals surface area contributed by atoms with Crippen LogP contribution in [0.5, 0.6) is 0 Å². The molecule has 0 bridgehead atoms. The third kappa shape index (κ3) is 1.65. The normalized spacial score (nSPS) is 10.8. The molecule has 80 valence electrons. The first-order valence-electron chi connectivity index (χ1n) is 4.42. The maximum Gasteiger partial charge on any atom is 0.220 e. The fourth-order valence-corrected chi connectivity index (χ4v) is 1.57. The number of nitrogens with zero attached hydrogens (tertiary/aromatic N) is 3. The molecule has 0 radical (unpaired) electrons. The minimum absolute atomic E-state index is 0.361. The lowest BCUT2D eigenvalue weighted by Crippen LogP contribution is -2.06. The van der Waals surface area contributed by atoms with E-state index in [1.54, 1.807) is 4.57 Å². The van der Waals surface area contributed by atoms with E-state index in [9.17, 15) is 0 Å². The summed E-state index contributed by atoms with van der Waals surface area (Å²) in [4.78, 5) is 0. The number of aromatic amines is 1. The summed E-state index contributed by atoms with van der Waals surface area (Å²) >= 11 is 5.05. The Morgan fingerprint density at radius 1 is 1.53 bits per heavy atom. The van der Waals surface area contributed by atoms with Crippen LogP contribution in [0.2, 0.25) is 0 Å². The van der Waals surface area contributed by atoms with Gasteiger partial charge < -0.3 is 10.3 Å². The summed E-state index contributed by atoms with van der Waals surface area (Å²) in [6.45, 7) is 4.27. The van der Waals surface area contributed by atoms with Gasteiger partial charge in [0.15, 0.2) is 4.77 Å². The Hall–Kier alpha value is -1.63. The van der Waals surface area contributed by atoms with E-state index in [2.05, 4.69) is 15.4 Å². The molecule has 2 aromatic rings. The zero-order chi connectivity index (χ0) is 11.0. The van der Waals surface area contributed by atoms with Gasteiger partial charge in [0.05, 0.1) is 12.2 Å². The van der Waals surface area contributed by atoms with Crippen molar-refractivity contribution in [2.45, 2.75) is 20.4 Å². The molecule has 0 fully saturated rings. The molecule has 6 nitrogen and oxygen atoms in total. The molecule has 0 saturated heterocycles. The van der Waals surface area contributed by atoms with Crippen LogP contribution in [0, 0.1) is 18.6 Å². The number of aryl methyl sites for hydroxylation is 2. The smallest absolute Gasteiger partial charge is 0.220 e. The highest BCUT2D eigenvalue weighted by Crippen LogP contribution is 2.15. The molecule has 15 heavy (non-hydrogen) atoms. The van der Waals surface area contributed by atoms with Crippen molar-refractivity contribution in [3.05, 3.63) is 21.8 Å². The SMILES string of the molecule is Cc1noc(C)c1Cn1c(N)n[nH]c1=S. The van der Waals surface area contributed by atoms with Crippen LogP contribution in [0.15, 0.2) is 4.52 Å². The van der Waals surface area contributed by atoms with Crippen LogP contribution < -0.4 is 5.73 Å². The third-order valence-corrected chi connectivity index (χ3v) is 2.60. The zero-order valence-corrected chi connectivity index (χ0v) is 9.26. The molecule has 7 heteroatoms. The van der Waals surface area contributed by atoms with Gasteiger partial charge in [0, 0.05) is 5.56 Å². The van der Waals surface area contributed by atoms with Gasteiger partial charge in [0.1, 0.15) is 5.76 Å². The van der Waals surface area contributed by atoms with Crippen molar-refractivity contribution in [1.29, 1.82) is 0 Å². The quantitative estimate of drug-likeness (QED) is 0.749. The zero-order valence-electron chi connectivity index (χ0n) is 8.44. The lowest BCUT2D eigenvalue weighted by atomic mass is 10.2. The molecule has 0 aromatic carbocycles. The van der Waals surface area contributed by atoms with E-state index in [1.165, 1.54) is 0 Å². The Kier molecular flexibility index (Phi) is 2.31. The second kappa shape index (κ2) is 3.50. The van der Waals surface area contributed by atoms with Gasteiger partial charge in [-0.1, -0.05) is 5.16 Å². The molecule has 0 saturated carbocycles. The minimum Gasteiger partial charge on any atom is -0.368 e. The minimum atomic E-state index is 0.361. The molecule has 0 aliphatic heterocycles. The van der Waals surface area contributed by atoms with Gasteiger partial charge in [-0.25, -0.2) is 5.10 Å². The lowest BCUT2D eigenvalue weighted by Gasteiger charge is -2.02. The van der Waals surface area contributed by atoms with E-state index < -0.39 is 0 Å². The fourth-order valence-electron chi connectivity index (χ4n) is 1.37. The lowest BCUT2D eigenvalue weighted by molar-refractivity contribution is 0.392. The number of aromatic nitrogens is 4. The van der Waals surface area contributed by atoms with E-state index in [1.807, 2.05) is 13.8 Å². The number of anilines is 1. The Morgan fingerprint density at radius 3 is 2.73 bits per heavy atom. The summed E-state index contributed by atoms with van der Waals surface area (Å²) in [5.41, 5.74) is 7.49. The van der Waals surface area contributed by atoms with Gasteiger partial charge in [-0.2, -0.15) is 0 Å². The van der Waals surface area contributed by atoms with Crippen molar-refractivity contribution in [3.8, 4) is 0 Å². The highest BCUT2D eigenvalue weighted by Gasteiger charge is 2.11.